The van der Waals surface area contributed by atoms with Crippen LogP contribution in [0, 0.1) is 5.92 Å². The lowest BCUT2D eigenvalue weighted by molar-refractivity contribution is 0.0699. The van der Waals surface area contributed by atoms with Crippen LogP contribution in [-0.4, -0.2) is 46.8 Å². The van der Waals surface area contributed by atoms with E-state index in [0.717, 1.165) is 69.7 Å². The molecule has 162 valence electrons. The van der Waals surface area contributed by atoms with Crippen molar-refractivity contribution in [2.24, 2.45) is 11.7 Å². The number of nitrogens with zero attached hydrogens (tertiary/aromatic N) is 3. The minimum Gasteiger partial charge on any atom is -0.381 e. The molecule has 2 fully saturated rings. The number of nitrogens with one attached hydrogen (secondary N) is 2. The van der Waals surface area contributed by atoms with Crippen molar-refractivity contribution < 1.29 is 4.74 Å². The van der Waals surface area contributed by atoms with Gasteiger partial charge in [0.15, 0.2) is 11.0 Å². The van der Waals surface area contributed by atoms with Crippen LogP contribution < -0.4 is 16.4 Å². The van der Waals surface area contributed by atoms with Gasteiger partial charge in [0.25, 0.3) is 0 Å². The first-order valence-corrected chi connectivity index (χ1v) is 11.4. The second-order valence-corrected chi connectivity index (χ2v) is 8.90. The van der Waals surface area contributed by atoms with Gasteiger partial charge in [0, 0.05) is 43.6 Å². The minimum atomic E-state index is 0.313. The fourth-order valence-corrected chi connectivity index (χ4v) is 4.35. The smallest absolute Gasteiger partial charge is 0.171 e. The molecule has 1 aliphatic carbocycles. The zero-order valence-electron chi connectivity index (χ0n) is 16.9. The van der Waals surface area contributed by atoms with Crippen LogP contribution in [-0.2, 0) is 4.74 Å². The summed E-state index contributed by atoms with van der Waals surface area (Å²) in [7, 11) is 0. The Labute approximate surface area is 187 Å². The monoisotopic (exact) mass is 450 g/mol. The maximum absolute atomic E-state index is 6.44. The van der Waals surface area contributed by atoms with Gasteiger partial charge in [-0.1, -0.05) is 23.2 Å². The molecule has 1 saturated carbocycles. The first kappa shape index (κ1) is 21.6. The summed E-state index contributed by atoms with van der Waals surface area (Å²) in [6.45, 7) is 2.41. The molecular weight excluding hydrogens is 423 g/mol. The molecule has 0 radical (unpaired) electrons. The number of pyridine rings is 1. The molecule has 1 saturated heterocycles. The van der Waals surface area contributed by atoms with Crippen molar-refractivity contribution in [1.82, 2.24) is 15.0 Å². The van der Waals surface area contributed by atoms with Gasteiger partial charge in [-0.15, -0.1) is 0 Å². The van der Waals surface area contributed by atoms with Gasteiger partial charge < -0.3 is 21.1 Å². The highest BCUT2D eigenvalue weighted by molar-refractivity contribution is 6.33. The number of halogens is 2. The van der Waals surface area contributed by atoms with Crippen LogP contribution in [0.15, 0.2) is 18.5 Å². The molecule has 0 atom stereocenters. The molecule has 4 N–H and O–H groups in total. The normalized spacial score (nSPS) is 22.6. The van der Waals surface area contributed by atoms with Crippen molar-refractivity contribution >= 4 is 34.8 Å². The molecule has 3 heterocycles. The van der Waals surface area contributed by atoms with Gasteiger partial charge in [0.2, 0.25) is 0 Å². The second kappa shape index (κ2) is 10.1. The first-order valence-electron chi connectivity index (χ1n) is 10.6. The van der Waals surface area contributed by atoms with E-state index in [0.29, 0.717) is 39.7 Å². The van der Waals surface area contributed by atoms with Crippen LogP contribution in [0.2, 0.25) is 10.2 Å². The Bertz CT molecular complexity index is 853. The number of nitrogens with two attached hydrogens (primary N) is 1. The molecule has 0 amide bonds. The lowest BCUT2D eigenvalue weighted by atomic mass is 9.92. The Kier molecular flexibility index (Phi) is 7.25. The molecule has 2 aromatic rings. The third-order valence-corrected chi connectivity index (χ3v) is 6.46. The first-order chi connectivity index (χ1) is 14.6. The van der Waals surface area contributed by atoms with E-state index in [-0.39, 0.29) is 0 Å². The van der Waals surface area contributed by atoms with Crippen LogP contribution in [0.3, 0.4) is 0 Å². The maximum Gasteiger partial charge on any atom is 0.171 e. The van der Waals surface area contributed by atoms with E-state index < -0.39 is 0 Å². The number of hydrogen-bond acceptors (Lipinski definition) is 7. The van der Waals surface area contributed by atoms with Crippen LogP contribution >= 0.6 is 23.2 Å². The quantitative estimate of drug-likeness (QED) is 0.600. The van der Waals surface area contributed by atoms with Crippen molar-refractivity contribution in [2.75, 3.05) is 30.4 Å². The topological polar surface area (TPSA) is 98.0 Å². The number of rotatable bonds is 6. The summed E-state index contributed by atoms with van der Waals surface area (Å²) in [6.07, 6.45) is 9.52. The molecule has 7 nitrogen and oxygen atoms in total. The maximum atomic E-state index is 6.44. The highest BCUT2D eigenvalue weighted by Crippen LogP contribution is 2.31. The fraction of sp³-hybridized carbons (Fsp3) is 0.571. The molecule has 0 bridgehead atoms. The van der Waals surface area contributed by atoms with Crippen molar-refractivity contribution in [1.29, 1.82) is 0 Å². The summed E-state index contributed by atoms with van der Waals surface area (Å²) in [5.41, 5.74) is 7.45. The molecule has 2 aliphatic rings. The number of hydrogen-bond donors (Lipinski definition) is 3. The van der Waals surface area contributed by atoms with Gasteiger partial charge in [0.1, 0.15) is 5.82 Å². The third kappa shape index (κ3) is 5.52. The SMILES string of the molecule is NC1CCC(Nc2cc(-c3cnc(Cl)c(NCC4CCOCC4)n3)c(Cl)cn2)CC1. The lowest BCUT2D eigenvalue weighted by Crippen LogP contribution is -2.33. The zero-order valence-corrected chi connectivity index (χ0v) is 18.4. The van der Waals surface area contributed by atoms with Gasteiger partial charge in [-0.25, -0.2) is 15.0 Å². The summed E-state index contributed by atoms with van der Waals surface area (Å²) < 4.78 is 5.42. The number of aromatic nitrogens is 3. The lowest BCUT2D eigenvalue weighted by Gasteiger charge is -2.27. The van der Waals surface area contributed by atoms with Gasteiger partial charge in [0.05, 0.1) is 16.9 Å². The molecule has 1 aliphatic heterocycles. The predicted molar refractivity (Wildman–Crippen MR) is 121 cm³/mol. The third-order valence-electron chi connectivity index (χ3n) is 5.88. The summed E-state index contributed by atoms with van der Waals surface area (Å²) >= 11 is 12.7. The van der Waals surface area contributed by atoms with Crippen LogP contribution in [0.1, 0.15) is 38.5 Å². The molecule has 0 aromatic carbocycles. The largest absolute Gasteiger partial charge is 0.381 e. The molecular formula is C21H28Cl2N6O. The summed E-state index contributed by atoms with van der Waals surface area (Å²) in [5.74, 6) is 1.90. The van der Waals surface area contributed by atoms with E-state index >= 15 is 0 Å². The van der Waals surface area contributed by atoms with Gasteiger partial charge in [-0.3, -0.25) is 0 Å². The highest BCUT2D eigenvalue weighted by atomic mass is 35.5. The number of ether oxygens (including phenoxy) is 1. The Balaban J connectivity index is 1.48. The molecule has 9 heteroatoms. The average Bonchev–Trinajstić information content (AvgIpc) is 2.77. The molecule has 4 rings (SSSR count). The van der Waals surface area contributed by atoms with Crippen molar-refractivity contribution in [3.05, 3.63) is 28.6 Å². The summed E-state index contributed by atoms with van der Waals surface area (Å²) in [6, 6.07) is 2.62. The summed E-state index contributed by atoms with van der Waals surface area (Å²) in [4.78, 5) is 13.4. The van der Waals surface area contributed by atoms with Gasteiger partial charge in [-0.05, 0) is 50.5 Å². The Morgan fingerprint density at radius 2 is 1.80 bits per heavy atom. The van der Waals surface area contributed by atoms with Crippen LogP contribution in [0.25, 0.3) is 11.3 Å². The van der Waals surface area contributed by atoms with Crippen LogP contribution in [0.4, 0.5) is 11.6 Å². The van der Waals surface area contributed by atoms with E-state index in [2.05, 4.69) is 20.6 Å². The predicted octanol–water partition coefficient (Wildman–Crippen LogP) is 4.37. The van der Waals surface area contributed by atoms with E-state index in [1.165, 1.54) is 0 Å². The van der Waals surface area contributed by atoms with Gasteiger partial charge >= 0.3 is 0 Å². The Morgan fingerprint density at radius 1 is 1.03 bits per heavy atom. The summed E-state index contributed by atoms with van der Waals surface area (Å²) in [5, 5.41) is 7.74. The van der Waals surface area contributed by atoms with Crippen molar-refractivity contribution in [2.45, 2.75) is 50.6 Å². The highest BCUT2D eigenvalue weighted by Gasteiger charge is 2.20. The molecule has 0 spiro atoms. The van der Waals surface area contributed by atoms with E-state index in [4.69, 9.17) is 38.7 Å². The standard InChI is InChI=1S/C21H28Cl2N6O/c22-17-11-25-19(28-15-3-1-14(24)2-4-15)9-16(17)18-12-26-20(23)21(29-18)27-10-13-5-7-30-8-6-13/h9,11-15H,1-8,10,24H2,(H,25,28)(H,27,29). The van der Waals surface area contributed by atoms with E-state index in [1.807, 2.05) is 6.07 Å². The minimum absolute atomic E-state index is 0.313. The molecule has 2 aromatic heterocycles. The second-order valence-electron chi connectivity index (χ2n) is 8.14. The van der Waals surface area contributed by atoms with Crippen LogP contribution in [0.5, 0.6) is 0 Å². The van der Waals surface area contributed by atoms with Crippen molar-refractivity contribution in [3.63, 3.8) is 0 Å². The Morgan fingerprint density at radius 3 is 2.57 bits per heavy atom. The van der Waals surface area contributed by atoms with Gasteiger partial charge in [-0.2, -0.15) is 0 Å². The average molecular weight is 451 g/mol. The fourth-order valence-electron chi connectivity index (χ4n) is 3.99. The Hall–Kier alpha value is -1.67. The van der Waals surface area contributed by atoms with E-state index in [1.54, 1.807) is 12.4 Å². The molecule has 0 unspecified atom stereocenters. The molecule has 30 heavy (non-hydrogen) atoms. The zero-order chi connectivity index (χ0) is 20.9. The van der Waals surface area contributed by atoms with Crippen molar-refractivity contribution in [3.8, 4) is 11.3 Å². The van der Waals surface area contributed by atoms with E-state index in [9.17, 15) is 0 Å². The number of anilines is 2.